The molecular formula is C21H29N5O3. The van der Waals surface area contributed by atoms with Crippen LogP contribution in [-0.4, -0.2) is 66.2 Å². The molecule has 1 N–H and O–H groups in total. The number of aromatic nitrogens is 2. The molecule has 1 aromatic carbocycles. The van der Waals surface area contributed by atoms with Gasteiger partial charge in [0.05, 0.1) is 37.5 Å². The lowest BCUT2D eigenvalue weighted by Gasteiger charge is -2.38. The average molecular weight is 399 g/mol. The number of ether oxygens (including phenoxy) is 1. The molecular weight excluding hydrogens is 370 g/mol. The Balaban J connectivity index is 1.75. The molecule has 1 saturated heterocycles. The van der Waals surface area contributed by atoms with Gasteiger partial charge < -0.3 is 19.9 Å². The molecule has 1 aromatic heterocycles. The van der Waals surface area contributed by atoms with Crippen LogP contribution in [0, 0.1) is 5.92 Å². The molecule has 0 bridgehead atoms. The van der Waals surface area contributed by atoms with Crippen LogP contribution >= 0.6 is 0 Å². The van der Waals surface area contributed by atoms with Crippen molar-refractivity contribution in [3.63, 3.8) is 0 Å². The fourth-order valence-corrected chi connectivity index (χ4v) is 3.66. The second-order valence-corrected chi connectivity index (χ2v) is 7.65. The number of nitrogens with one attached hydrogen (secondary N) is 1. The molecule has 2 amide bonds. The van der Waals surface area contributed by atoms with Crippen molar-refractivity contribution in [1.29, 1.82) is 0 Å². The number of benzene rings is 1. The van der Waals surface area contributed by atoms with E-state index in [-0.39, 0.29) is 23.8 Å². The van der Waals surface area contributed by atoms with Gasteiger partial charge >= 0.3 is 0 Å². The average Bonchev–Trinajstić information content (AvgIpc) is 3.15. The predicted octanol–water partition coefficient (Wildman–Crippen LogP) is 2.00. The molecule has 0 radical (unpaired) electrons. The topological polar surface area (TPSA) is 79.7 Å². The number of carbonyl (C=O) groups excluding carboxylic acids is 2. The minimum atomic E-state index is -0.337. The van der Waals surface area contributed by atoms with Gasteiger partial charge in [0.2, 0.25) is 11.8 Å². The van der Waals surface area contributed by atoms with Crippen LogP contribution in [0.3, 0.4) is 0 Å². The number of methoxy groups -OCH3 is 1. The van der Waals surface area contributed by atoms with Crippen molar-refractivity contribution < 1.29 is 14.3 Å². The molecule has 29 heavy (non-hydrogen) atoms. The number of hydrogen-bond acceptors (Lipinski definition) is 5. The number of hydrogen-bond donors (Lipinski definition) is 1. The molecule has 2 aromatic rings. The maximum Gasteiger partial charge on any atom is 0.230 e. The smallest absolute Gasteiger partial charge is 0.230 e. The van der Waals surface area contributed by atoms with Gasteiger partial charge in [-0.05, 0) is 38.2 Å². The van der Waals surface area contributed by atoms with E-state index in [4.69, 9.17) is 4.74 Å². The van der Waals surface area contributed by atoms with Gasteiger partial charge in [0, 0.05) is 26.2 Å². The zero-order chi connectivity index (χ0) is 21.0. The van der Waals surface area contributed by atoms with Gasteiger partial charge in [0.15, 0.2) is 0 Å². The maximum absolute atomic E-state index is 13.1. The number of nitrogens with zero attached hydrogens (tertiary/aromatic N) is 4. The summed E-state index contributed by atoms with van der Waals surface area (Å²) in [5.41, 5.74) is 1.59. The summed E-state index contributed by atoms with van der Waals surface area (Å²) in [4.78, 5) is 29.1. The minimum absolute atomic E-state index is 0.0476. The fourth-order valence-electron chi connectivity index (χ4n) is 3.66. The van der Waals surface area contributed by atoms with Crippen LogP contribution in [-0.2, 0) is 16.1 Å². The first-order valence-corrected chi connectivity index (χ1v) is 9.76. The third-order valence-electron chi connectivity index (χ3n) is 5.33. The molecule has 1 aliphatic heterocycles. The van der Waals surface area contributed by atoms with Crippen LogP contribution in [0.4, 0.5) is 5.69 Å². The third-order valence-corrected chi connectivity index (χ3v) is 5.33. The second kappa shape index (κ2) is 9.09. The minimum Gasteiger partial charge on any atom is -0.497 e. The molecule has 3 rings (SSSR count). The Bertz CT molecular complexity index is 846. The quantitative estimate of drug-likeness (QED) is 0.770. The summed E-state index contributed by atoms with van der Waals surface area (Å²) in [6.45, 7) is 1.61. The summed E-state index contributed by atoms with van der Waals surface area (Å²) in [7, 11) is 7.38. The van der Waals surface area contributed by atoms with E-state index in [2.05, 4.69) is 15.3 Å². The van der Waals surface area contributed by atoms with Gasteiger partial charge in [-0.2, -0.15) is 5.10 Å². The van der Waals surface area contributed by atoms with Gasteiger partial charge in [-0.25, -0.2) is 0 Å². The molecule has 2 unspecified atom stereocenters. The van der Waals surface area contributed by atoms with Crippen molar-refractivity contribution in [2.75, 3.05) is 40.1 Å². The van der Waals surface area contributed by atoms with Gasteiger partial charge in [0.25, 0.3) is 0 Å². The molecule has 0 aliphatic carbocycles. The highest BCUT2D eigenvalue weighted by atomic mass is 16.5. The van der Waals surface area contributed by atoms with E-state index in [1.54, 1.807) is 25.3 Å². The lowest BCUT2D eigenvalue weighted by Crippen LogP contribution is -2.44. The summed E-state index contributed by atoms with van der Waals surface area (Å²) in [5.74, 6) is 0.351. The Morgan fingerprint density at radius 2 is 2.03 bits per heavy atom. The monoisotopic (exact) mass is 399 g/mol. The highest BCUT2D eigenvalue weighted by Gasteiger charge is 2.39. The van der Waals surface area contributed by atoms with Gasteiger partial charge in [0.1, 0.15) is 5.75 Å². The van der Waals surface area contributed by atoms with E-state index in [1.807, 2.05) is 49.2 Å². The van der Waals surface area contributed by atoms with Crippen LogP contribution in [0.5, 0.6) is 5.75 Å². The van der Waals surface area contributed by atoms with E-state index in [0.717, 1.165) is 24.4 Å². The van der Waals surface area contributed by atoms with Crippen molar-refractivity contribution in [2.45, 2.75) is 25.4 Å². The summed E-state index contributed by atoms with van der Waals surface area (Å²) in [5, 5.41) is 7.29. The van der Waals surface area contributed by atoms with Crippen LogP contribution in [0.25, 0.3) is 0 Å². The van der Waals surface area contributed by atoms with Crippen LogP contribution in [0.15, 0.2) is 36.7 Å². The molecule has 8 nitrogen and oxygen atoms in total. The second-order valence-electron chi connectivity index (χ2n) is 7.65. The molecule has 1 aliphatic rings. The third kappa shape index (κ3) is 4.95. The number of amides is 2. The van der Waals surface area contributed by atoms with Crippen molar-refractivity contribution in [2.24, 2.45) is 5.92 Å². The zero-order valence-electron chi connectivity index (χ0n) is 17.5. The molecule has 2 heterocycles. The van der Waals surface area contributed by atoms with E-state index in [9.17, 15) is 9.59 Å². The number of anilines is 1. The van der Waals surface area contributed by atoms with Crippen LogP contribution in [0.2, 0.25) is 0 Å². The lowest BCUT2D eigenvalue weighted by atomic mass is 9.84. The standard InChI is InChI=1S/C21H29N5O3/c1-24(2)11-12-26-14-16(13-22-26)23-21(28)18-9-10-19(27)25(3)20(18)15-5-7-17(29-4)8-6-15/h5-8,13-14,18,20H,9-12H2,1-4H3,(H,23,28). The summed E-state index contributed by atoms with van der Waals surface area (Å²) in [6.07, 6.45) is 4.37. The van der Waals surface area contributed by atoms with E-state index >= 15 is 0 Å². The molecule has 156 valence electrons. The highest BCUT2D eigenvalue weighted by molar-refractivity contribution is 5.94. The number of carbonyl (C=O) groups is 2. The van der Waals surface area contributed by atoms with Crippen molar-refractivity contribution in [1.82, 2.24) is 19.6 Å². The van der Waals surface area contributed by atoms with Crippen molar-refractivity contribution >= 4 is 17.5 Å². The maximum atomic E-state index is 13.1. The van der Waals surface area contributed by atoms with Crippen molar-refractivity contribution in [3.05, 3.63) is 42.2 Å². The number of likely N-dealkylation sites (tertiary alicyclic amines) is 1. The first kappa shape index (κ1) is 20.9. The first-order chi connectivity index (χ1) is 13.9. The van der Waals surface area contributed by atoms with Gasteiger partial charge in [-0.15, -0.1) is 0 Å². The summed E-state index contributed by atoms with van der Waals surface area (Å²) >= 11 is 0. The summed E-state index contributed by atoms with van der Waals surface area (Å²) in [6, 6.07) is 7.22. The number of piperidine rings is 1. The SMILES string of the molecule is COc1ccc(C2C(C(=O)Nc3cnn(CCN(C)C)c3)CCC(=O)N2C)cc1. The van der Waals surface area contributed by atoms with Crippen LogP contribution < -0.4 is 10.1 Å². The van der Waals surface area contributed by atoms with Gasteiger partial charge in [-0.1, -0.05) is 12.1 Å². The normalized spacial score (nSPS) is 19.5. The Labute approximate surface area is 171 Å². The predicted molar refractivity (Wildman–Crippen MR) is 111 cm³/mol. The zero-order valence-corrected chi connectivity index (χ0v) is 17.5. The molecule has 1 fully saturated rings. The number of likely N-dealkylation sites (N-methyl/N-ethyl adjacent to an activating group) is 1. The molecule has 0 spiro atoms. The fraction of sp³-hybridized carbons (Fsp3) is 0.476. The van der Waals surface area contributed by atoms with Crippen molar-refractivity contribution in [3.8, 4) is 5.75 Å². The molecule has 8 heteroatoms. The summed E-state index contributed by atoms with van der Waals surface area (Å²) < 4.78 is 7.04. The first-order valence-electron chi connectivity index (χ1n) is 9.76. The van der Waals surface area contributed by atoms with Crippen LogP contribution in [0.1, 0.15) is 24.4 Å². The Morgan fingerprint density at radius 1 is 1.31 bits per heavy atom. The van der Waals surface area contributed by atoms with E-state index in [1.165, 1.54) is 0 Å². The molecule has 2 atom stereocenters. The van der Waals surface area contributed by atoms with E-state index in [0.29, 0.717) is 18.5 Å². The Morgan fingerprint density at radius 3 is 2.69 bits per heavy atom. The lowest BCUT2D eigenvalue weighted by molar-refractivity contribution is -0.140. The largest absolute Gasteiger partial charge is 0.497 e. The molecule has 0 saturated carbocycles. The Hall–Kier alpha value is -2.87. The highest BCUT2D eigenvalue weighted by Crippen LogP contribution is 2.37. The number of rotatable bonds is 7. The van der Waals surface area contributed by atoms with Gasteiger partial charge in [-0.3, -0.25) is 14.3 Å². The van der Waals surface area contributed by atoms with E-state index < -0.39 is 0 Å². The Kier molecular flexibility index (Phi) is 6.53.